The van der Waals surface area contributed by atoms with E-state index in [0.717, 1.165) is 28.0 Å². The van der Waals surface area contributed by atoms with Crippen molar-refractivity contribution in [3.05, 3.63) is 59.7 Å². The van der Waals surface area contributed by atoms with Crippen LogP contribution in [0.1, 0.15) is 11.1 Å². The number of hydrogen-bond acceptors (Lipinski definition) is 4. The molecule has 0 atom stereocenters. The van der Waals surface area contributed by atoms with Gasteiger partial charge in [0.05, 0.1) is 6.61 Å². The summed E-state index contributed by atoms with van der Waals surface area (Å²) in [6.45, 7) is 4.80. The predicted molar refractivity (Wildman–Crippen MR) is 98.6 cm³/mol. The molecule has 0 saturated carbocycles. The first-order chi connectivity index (χ1) is 11.6. The summed E-state index contributed by atoms with van der Waals surface area (Å²) in [4.78, 5) is 0. The Morgan fingerprint density at radius 2 is 1.75 bits per heavy atom. The first kappa shape index (κ1) is 16.6. The lowest BCUT2D eigenvalue weighted by Crippen LogP contribution is -2.02. The van der Waals surface area contributed by atoms with Crippen molar-refractivity contribution in [3.8, 4) is 17.1 Å². The number of rotatable bonds is 6. The molecule has 0 amide bonds. The van der Waals surface area contributed by atoms with E-state index in [1.807, 2.05) is 35.9 Å². The minimum atomic E-state index is 0.639. The van der Waals surface area contributed by atoms with E-state index in [-0.39, 0.29) is 0 Å². The second-order valence-corrected chi connectivity index (χ2v) is 6.75. The Morgan fingerprint density at radius 1 is 1.00 bits per heavy atom. The van der Waals surface area contributed by atoms with Crippen molar-refractivity contribution in [2.24, 2.45) is 7.05 Å². The van der Waals surface area contributed by atoms with Crippen molar-refractivity contribution in [2.45, 2.75) is 19.0 Å². The van der Waals surface area contributed by atoms with Crippen LogP contribution in [0.4, 0.5) is 0 Å². The molecule has 2 aromatic carbocycles. The van der Waals surface area contributed by atoms with Crippen molar-refractivity contribution >= 4 is 11.8 Å². The van der Waals surface area contributed by atoms with Crippen LogP contribution < -0.4 is 4.74 Å². The van der Waals surface area contributed by atoms with Crippen molar-refractivity contribution in [1.82, 2.24) is 14.8 Å². The molecule has 0 aliphatic rings. The fraction of sp³-hybridized carbons (Fsp3) is 0.263. The Balaban J connectivity index is 1.59. The molecule has 124 valence electrons. The van der Waals surface area contributed by atoms with Gasteiger partial charge >= 0.3 is 0 Å². The molecule has 3 aromatic rings. The molecule has 24 heavy (non-hydrogen) atoms. The summed E-state index contributed by atoms with van der Waals surface area (Å²) in [6, 6.07) is 16.3. The number of hydrogen-bond donors (Lipinski definition) is 0. The maximum Gasteiger partial charge on any atom is 0.191 e. The highest BCUT2D eigenvalue weighted by molar-refractivity contribution is 7.99. The molecule has 3 rings (SSSR count). The van der Waals surface area contributed by atoms with Crippen LogP contribution in [0.5, 0.6) is 5.75 Å². The molecule has 1 aromatic heterocycles. The van der Waals surface area contributed by atoms with E-state index in [2.05, 4.69) is 48.3 Å². The van der Waals surface area contributed by atoms with Crippen molar-refractivity contribution in [3.63, 3.8) is 0 Å². The molecule has 5 heteroatoms. The summed E-state index contributed by atoms with van der Waals surface area (Å²) in [7, 11) is 2.00. The van der Waals surface area contributed by atoms with Gasteiger partial charge < -0.3 is 9.30 Å². The highest BCUT2D eigenvalue weighted by Crippen LogP contribution is 2.25. The van der Waals surface area contributed by atoms with Gasteiger partial charge in [-0.2, -0.15) is 0 Å². The first-order valence-electron chi connectivity index (χ1n) is 7.93. The zero-order valence-electron chi connectivity index (χ0n) is 14.2. The topological polar surface area (TPSA) is 39.9 Å². The maximum atomic E-state index is 5.75. The zero-order chi connectivity index (χ0) is 16.9. The third kappa shape index (κ3) is 3.79. The zero-order valence-corrected chi connectivity index (χ0v) is 15.0. The predicted octanol–water partition coefficient (Wildman–Crippen LogP) is 4.27. The van der Waals surface area contributed by atoms with Gasteiger partial charge in [-0.1, -0.05) is 53.7 Å². The third-order valence-corrected chi connectivity index (χ3v) is 4.81. The fourth-order valence-corrected chi connectivity index (χ4v) is 3.15. The summed E-state index contributed by atoms with van der Waals surface area (Å²) in [5.41, 5.74) is 3.56. The molecular formula is C19H21N3OS. The number of aryl methyl sites for hydroxylation is 2. The molecule has 1 heterocycles. The fourth-order valence-electron chi connectivity index (χ4n) is 2.43. The van der Waals surface area contributed by atoms with E-state index in [1.165, 1.54) is 11.1 Å². The Hall–Kier alpha value is -2.27. The number of aromatic nitrogens is 3. The molecule has 0 saturated heterocycles. The van der Waals surface area contributed by atoms with Gasteiger partial charge in [-0.3, -0.25) is 0 Å². The molecule has 0 unspecified atom stereocenters. The van der Waals surface area contributed by atoms with Gasteiger partial charge in [0.2, 0.25) is 0 Å². The minimum absolute atomic E-state index is 0.639. The van der Waals surface area contributed by atoms with Gasteiger partial charge in [0, 0.05) is 18.4 Å². The van der Waals surface area contributed by atoms with Crippen LogP contribution in [0.2, 0.25) is 0 Å². The standard InChI is InChI=1S/C19H21N3OS/c1-14-8-10-16(11-9-14)23-12-13-24-19-21-20-18(22(19)3)17-7-5-4-6-15(17)2/h4-11H,12-13H2,1-3H3. The molecular weight excluding hydrogens is 318 g/mol. The molecule has 0 aliphatic heterocycles. The Morgan fingerprint density at radius 3 is 2.50 bits per heavy atom. The van der Waals surface area contributed by atoms with Crippen molar-refractivity contribution in [1.29, 1.82) is 0 Å². The Labute approximate surface area is 146 Å². The minimum Gasteiger partial charge on any atom is -0.493 e. The molecule has 0 N–H and O–H groups in total. The van der Waals surface area contributed by atoms with Crippen LogP contribution in [0.25, 0.3) is 11.4 Å². The molecule has 0 bridgehead atoms. The lowest BCUT2D eigenvalue weighted by molar-refractivity contribution is 0.344. The average molecular weight is 339 g/mol. The van der Waals surface area contributed by atoms with Crippen molar-refractivity contribution in [2.75, 3.05) is 12.4 Å². The summed E-state index contributed by atoms with van der Waals surface area (Å²) < 4.78 is 7.80. The summed E-state index contributed by atoms with van der Waals surface area (Å²) >= 11 is 1.66. The molecule has 0 fully saturated rings. The van der Waals surface area contributed by atoms with Gasteiger partial charge in [0.25, 0.3) is 0 Å². The number of benzene rings is 2. The van der Waals surface area contributed by atoms with Crippen LogP contribution in [-0.2, 0) is 7.05 Å². The number of thioether (sulfide) groups is 1. The maximum absolute atomic E-state index is 5.75. The van der Waals surface area contributed by atoms with Crippen LogP contribution in [-0.4, -0.2) is 27.1 Å². The molecule has 0 radical (unpaired) electrons. The van der Waals surface area contributed by atoms with E-state index in [0.29, 0.717) is 6.61 Å². The van der Waals surface area contributed by atoms with Crippen LogP contribution in [0.3, 0.4) is 0 Å². The van der Waals surface area contributed by atoms with E-state index < -0.39 is 0 Å². The summed E-state index contributed by atoms with van der Waals surface area (Å²) in [6.07, 6.45) is 0. The second kappa shape index (κ2) is 7.53. The quantitative estimate of drug-likeness (QED) is 0.497. The van der Waals surface area contributed by atoms with Gasteiger partial charge in [-0.05, 0) is 31.5 Å². The first-order valence-corrected chi connectivity index (χ1v) is 8.91. The molecule has 0 spiro atoms. The number of ether oxygens (including phenoxy) is 1. The van der Waals surface area contributed by atoms with Gasteiger partial charge in [-0.25, -0.2) is 0 Å². The van der Waals surface area contributed by atoms with Crippen LogP contribution >= 0.6 is 11.8 Å². The smallest absolute Gasteiger partial charge is 0.191 e. The van der Waals surface area contributed by atoms with Gasteiger partial charge in [-0.15, -0.1) is 10.2 Å². The lowest BCUT2D eigenvalue weighted by Gasteiger charge is -2.07. The molecule has 0 aliphatic carbocycles. The Kier molecular flexibility index (Phi) is 5.20. The normalized spacial score (nSPS) is 10.8. The van der Waals surface area contributed by atoms with E-state index in [9.17, 15) is 0 Å². The van der Waals surface area contributed by atoms with E-state index >= 15 is 0 Å². The largest absolute Gasteiger partial charge is 0.493 e. The van der Waals surface area contributed by atoms with Crippen LogP contribution in [0, 0.1) is 13.8 Å². The number of nitrogens with zero attached hydrogens (tertiary/aromatic N) is 3. The van der Waals surface area contributed by atoms with Crippen molar-refractivity contribution < 1.29 is 4.74 Å². The van der Waals surface area contributed by atoms with Crippen LogP contribution in [0.15, 0.2) is 53.7 Å². The van der Waals surface area contributed by atoms with E-state index in [1.54, 1.807) is 11.8 Å². The SMILES string of the molecule is Cc1ccc(OCCSc2nnc(-c3ccccc3C)n2C)cc1. The highest BCUT2D eigenvalue weighted by atomic mass is 32.2. The lowest BCUT2D eigenvalue weighted by atomic mass is 10.1. The average Bonchev–Trinajstić information content (AvgIpc) is 2.94. The third-order valence-electron chi connectivity index (χ3n) is 3.83. The summed E-state index contributed by atoms with van der Waals surface area (Å²) in [5.74, 6) is 2.63. The second-order valence-electron chi connectivity index (χ2n) is 5.69. The Bertz CT molecular complexity index is 812. The van der Waals surface area contributed by atoms with E-state index in [4.69, 9.17) is 4.74 Å². The highest BCUT2D eigenvalue weighted by Gasteiger charge is 2.12. The van der Waals surface area contributed by atoms with Gasteiger partial charge in [0.1, 0.15) is 5.75 Å². The monoisotopic (exact) mass is 339 g/mol. The summed E-state index contributed by atoms with van der Waals surface area (Å²) in [5, 5.41) is 9.56. The van der Waals surface area contributed by atoms with Gasteiger partial charge in [0.15, 0.2) is 11.0 Å². The molecule has 4 nitrogen and oxygen atoms in total.